The van der Waals surface area contributed by atoms with Gasteiger partial charge in [-0.2, -0.15) is 0 Å². The molecule has 2 saturated heterocycles. The number of hydrogen-bond acceptors (Lipinski definition) is 5. The Morgan fingerprint density at radius 1 is 1.10 bits per heavy atom. The van der Waals surface area contributed by atoms with Crippen molar-refractivity contribution in [3.05, 3.63) is 58.3 Å². The summed E-state index contributed by atoms with van der Waals surface area (Å²) in [5.41, 5.74) is 3.04. The summed E-state index contributed by atoms with van der Waals surface area (Å²) < 4.78 is 2.01. The van der Waals surface area contributed by atoms with Crippen LogP contribution in [0.15, 0.2) is 41.5 Å². The summed E-state index contributed by atoms with van der Waals surface area (Å²) in [6.07, 6.45) is 8.27. The average molecular weight is 422 g/mol. The van der Waals surface area contributed by atoms with Crippen LogP contribution < -0.4 is 10.9 Å². The maximum Gasteiger partial charge on any atom is 0.255 e. The summed E-state index contributed by atoms with van der Waals surface area (Å²) in [6, 6.07) is 7.94. The number of amides is 1. The molecule has 3 aliphatic heterocycles. The van der Waals surface area contributed by atoms with Crippen molar-refractivity contribution < 1.29 is 4.79 Å². The van der Waals surface area contributed by atoms with Crippen LogP contribution in [0.5, 0.6) is 0 Å². The van der Waals surface area contributed by atoms with Crippen molar-refractivity contribution in [3.8, 4) is 0 Å². The highest BCUT2D eigenvalue weighted by Gasteiger charge is 2.36. The van der Waals surface area contributed by atoms with E-state index in [9.17, 15) is 9.59 Å². The molecule has 164 valence electrons. The van der Waals surface area contributed by atoms with E-state index in [2.05, 4.69) is 21.3 Å². The number of aromatic nitrogens is 2. The minimum atomic E-state index is 0.107. The van der Waals surface area contributed by atoms with Gasteiger partial charge in [0.1, 0.15) is 0 Å². The number of piperidine rings is 2. The lowest BCUT2D eigenvalue weighted by atomic mass is 9.83. The van der Waals surface area contributed by atoms with Crippen molar-refractivity contribution in [2.45, 2.75) is 44.7 Å². The third kappa shape index (κ3) is 4.37. The molecule has 31 heavy (non-hydrogen) atoms. The first-order chi connectivity index (χ1) is 15.2. The van der Waals surface area contributed by atoms with Crippen LogP contribution >= 0.6 is 0 Å². The smallest absolute Gasteiger partial charge is 0.255 e. The number of anilines is 1. The molecule has 7 nitrogen and oxygen atoms in total. The molecule has 5 rings (SSSR count). The predicted molar refractivity (Wildman–Crippen MR) is 120 cm³/mol. The van der Waals surface area contributed by atoms with Crippen LogP contribution in [0.3, 0.4) is 0 Å². The lowest BCUT2D eigenvalue weighted by Crippen LogP contribution is -2.50. The number of fused-ring (bicyclic) bond motifs is 4. The lowest BCUT2D eigenvalue weighted by Gasteiger charge is -2.43. The van der Waals surface area contributed by atoms with Gasteiger partial charge in [0.25, 0.3) is 5.56 Å². The zero-order chi connectivity index (χ0) is 21.2. The molecule has 0 aliphatic carbocycles. The fraction of sp³-hybridized carbons (Fsp3) is 0.542. The molecule has 1 N–H and O–H groups in total. The standard InChI is InChI=1S/C24H31N5O2/c30-23(13-26-21-5-4-8-25-12-21)28-14-18-11-20(17-28)22-7-6-19(24(31)29(22)15-18)16-27-9-2-1-3-10-27/h4-8,12,18,20,26H,1-3,9-11,13-17H2/t18-,20+/m0/s1. The fourth-order valence-corrected chi connectivity index (χ4v) is 5.43. The Hall–Kier alpha value is -2.67. The Morgan fingerprint density at radius 2 is 1.97 bits per heavy atom. The molecule has 0 aromatic carbocycles. The molecule has 3 aliphatic rings. The van der Waals surface area contributed by atoms with Crippen LogP contribution in [0.2, 0.25) is 0 Å². The van der Waals surface area contributed by atoms with Gasteiger partial charge in [-0.15, -0.1) is 0 Å². The molecule has 2 fully saturated rings. The molecular formula is C24H31N5O2. The van der Waals surface area contributed by atoms with E-state index in [1.165, 1.54) is 19.3 Å². The average Bonchev–Trinajstić information content (AvgIpc) is 2.81. The summed E-state index contributed by atoms with van der Waals surface area (Å²) in [5, 5.41) is 3.17. The van der Waals surface area contributed by atoms with Gasteiger partial charge >= 0.3 is 0 Å². The molecule has 0 spiro atoms. The Morgan fingerprint density at radius 3 is 2.77 bits per heavy atom. The van der Waals surface area contributed by atoms with Crippen molar-refractivity contribution in [2.75, 3.05) is 38.0 Å². The third-order valence-corrected chi connectivity index (χ3v) is 6.98. The molecule has 0 saturated carbocycles. The van der Waals surface area contributed by atoms with Gasteiger partial charge < -0.3 is 14.8 Å². The summed E-state index contributed by atoms with van der Waals surface area (Å²) >= 11 is 0. The highest BCUT2D eigenvalue weighted by molar-refractivity contribution is 5.81. The van der Waals surface area contributed by atoms with Gasteiger partial charge in [-0.1, -0.05) is 12.5 Å². The number of carbonyl (C=O) groups is 1. The Balaban J connectivity index is 1.27. The van der Waals surface area contributed by atoms with Gasteiger partial charge in [-0.25, -0.2) is 0 Å². The molecule has 2 atom stereocenters. The first-order valence-corrected chi connectivity index (χ1v) is 11.5. The summed E-state index contributed by atoms with van der Waals surface area (Å²) in [6.45, 7) is 5.36. The van der Waals surface area contributed by atoms with Gasteiger partial charge in [-0.3, -0.25) is 19.5 Å². The monoisotopic (exact) mass is 421 g/mol. The molecular weight excluding hydrogens is 390 g/mol. The second kappa shape index (κ2) is 8.83. The van der Waals surface area contributed by atoms with Crippen LogP contribution in [0, 0.1) is 5.92 Å². The molecule has 2 aromatic rings. The van der Waals surface area contributed by atoms with Crippen molar-refractivity contribution in [1.29, 1.82) is 0 Å². The van der Waals surface area contributed by atoms with Crippen LogP contribution in [0.25, 0.3) is 0 Å². The Kier molecular flexibility index (Phi) is 5.76. The van der Waals surface area contributed by atoms with E-state index in [1.54, 1.807) is 12.4 Å². The van der Waals surface area contributed by atoms with Crippen molar-refractivity contribution in [3.63, 3.8) is 0 Å². The van der Waals surface area contributed by atoms with E-state index < -0.39 is 0 Å². The van der Waals surface area contributed by atoms with Crippen LogP contribution in [0.4, 0.5) is 5.69 Å². The maximum absolute atomic E-state index is 13.2. The number of carbonyl (C=O) groups excluding carboxylic acids is 1. The van der Waals surface area contributed by atoms with Gasteiger partial charge in [0.2, 0.25) is 5.91 Å². The Labute approximate surface area is 183 Å². The highest BCUT2D eigenvalue weighted by Crippen LogP contribution is 2.35. The lowest BCUT2D eigenvalue weighted by molar-refractivity contribution is -0.132. The Bertz CT molecular complexity index is 983. The number of nitrogens with one attached hydrogen (secondary N) is 1. The molecule has 2 aromatic heterocycles. The van der Waals surface area contributed by atoms with Crippen molar-refractivity contribution >= 4 is 11.6 Å². The van der Waals surface area contributed by atoms with Crippen molar-refractivity contribution in [2.24, 2.45) is 5.92 Å². The summed E-state index contributed by atoms with van der Waals surface area (Å²) in [7, 11) is 0. The SMILES string of the molecule is O=C(CNc1cccnc1)N1C[C@@H]2C[C@H](C1)c1ccc(CN3CCCCC3)c(=O)n1C2. The molecule has 7 heteroatoms. The predicted octanol–water partition coefficient (Wildman–Crippen LogP) is 2.29. The van der Waals surface area contributed by atoms with Gasteiger partial charge in [0.05, 0.1) is 12.2 Å². The second-order valence-corrected chi connectivity index (χ2v) is 9.23. The molecule has 5 heterocycles. The van der Waals surface area contributed by atoms with Gasteiger partial charge in [0.15, 0.2) is 0 Å². The number of likely N-dealkylation sites (tertiary alicyclic amines) is 2. The van der Waals surface area contributed by atoms with Gasteiger partial charge in [0, 0.05) is 55.7 Å². The van der Waals surface area contributed by atoms with Gasteiger partial charge in [-0.05, 0) is 56.5 Å². The number of pyridine rings is 2. The van der Waals surface area contributed by atoms with Crippen LogP contribution in [-0.4, -0.2) is 58.0 Å². The maximum atomic E-state index is 13.2. The zero-order valence-electron chi connectivity index (χ0n) is 18.0. The number of nitrogens with zero attached hydrogens (tertiary/aromatic N) is 4. The largest absolute Gasteiger partial charge is 0.375 e. The molecule has 1 amide bonds. The van der Waals surface area contributed by atoms with Crippen molar-refractivity contribution in [1.82, 2.24) is 19.4 Å². The molecule has 2 bridgehead atoms. The summed E-state index contributed by atoms with van der Waals surface area (Å²) in [5.74, 6) is 0.694. The minimum Gasteiger partial charge on any atom is -0.375 e. The van der Waals surface area contributed by atoms with E-state index in [0.29, 0.717) is 12.5 Å². The van der Waals surface area contributed by atoms with Crippen LogP contribution in [-0.2, 0) is 17.9 Å². The first kappa shape index (κ1) is 20.2. The number of hydrogen-bond donors (Lipinski definition) is 1. The van der Waals surface area contributed by atoms with Crippen LogP contribution in [0.1, 0.15) is 42.9 Å². The topological polar surface area (TPSA) is 70.5 Å². The molecule has 0 radical (unpaired) electrons. The summed E-state index contributed by atoms with van der Waals surface area (Å²) in [4.78, 5) is 34.5. The number of rotatable bonds is 5. The van der Waals surface area contributed by atoms with E-state index in [-0.39, 0.29) is 23.9 Å². The highest BCUT2D eigenvalue weighted by atomic mass is 16.2. The van der Waals surface area contributed by atoms with E-state index >= 15 is 0 Å². The van der Waals surface area contributed by atoms with E-state index in [0.717, 1.165) is 56.1 Å². The zero-order valence-corrected chi connectivity index (χ0v) is 18.0. The minimum absolute atomic E-state index is 0.107. The quantitative estimate of drug-likeness (QED) is 0.802. The first-order valence-electron chi connectivity index (χ1n) is 11.5. The normalized spacial score (nSPS) is 23.3. The fourth-order valence-electron chi connectivity index (χ4n) is 5.43. The molecule has 0 unspecified atom stereocenters. The van der Waals surface area contributed by atoms with E-state index in [4.69, 9.17) is 0 Å². The van der Waals surface area contributed by atoms with E-state index in [1.807, 2.05) is 27.7 Å². The second-order valence-electron chi connectivity index (χ2n) is 9.23. The third-order valence-electron chi connectivity index (χ3n) is 6.98.